The second-order valence-electron chi connectivity index (χ2n) is 9.36. The van der Waals surface area contributed by atoms with Gasteiger partial charge in [0.2, 0.25) is 5.91 Å². The highest BCUT2D eigenvalue weighted by atomic mass is 32.2. The maximum atomic E-state index is 13.4. The first-order valence-electron chi connectivity index (χ1n) is 13.5. The van der Waals surface area contributed by atoms with Gasteiger partial charge in [0.25, 0.3) is 11.8 Å². The molecule has 8 nitrogen and oxygen atoms in total. The number of methoxy groups -OCH3 is 1. The smallest absolute Gasteiger partial charge is 0.272 e. The van der Waals surface area contributed by atoms with Crippen LogP contribution in [0.25, 0.3) is 6.08 Å². The molecule has 10 heteroatoms. The number of thioether (sulfide) groups is 1. The molecule has 5 rings (SSSR count). The lowest BCUT2D eigenvalue weighted by Crippen LogP contribution is -2.30. The third-order valence-electron chi connectivity index (χ3n) is 6.32. The lowest BCUT2D eigenvalue weighted by Gasteiger charge is -2.16. The fourth-order valence-electron chi connectivity index (χ4n) is 4.12. The molecule has 44 heavy (non-hydrogen) atoms. The van der Waals surface area contributed by atoms with Crippen LogP contribution in [0.1, 0.15) is 26.7 Å². The van der Waals surface area contributed by atoms with Gasteiger partial charge in [0.05, 0.1) is 7.11 Å². The van der Waals surface area contributed by atoms with Gasteiger partial charge in [-0.3, -0.25) is 14.4 Å². The summed E-state index contributed by atoms with van der Waals surface area (Å²) in [5, 5.41) is 10.3. The van der Waals surface area contributed by atoms with Crippen LogP contribution in [0.3, 0.4) is 0 Å². The number of nitrogens with zero attached hydrogens (tertiary/aromatic N) is 1. The first-order chi connectivity index (χ1) is 21.5. The zero-order valence-electron chi connectivity index (χ0n) is 23.6. The lowest BCUT2D eigenvalue weighted by molar-refractivity contribution is -0.116. The van der Waals surface area contributed by atoms with E-state index < -0.39 is 17.1 Å². The topological polar surface area (TPSA) is 109 Å². The number of nitrogens with one attached hydrogen (secondary N) is 3. The summed E-state index contributed by atoms with van der Waals surface area (Å²) >= 11 is 2.75. The average molecular weight is 621 g/mol. The molecule has 0 saturated carbocycles. The third kappa shape index (κ3) is 8.21. The van der Waals surface area contributed by atoms with Crippen LogP contribution in [0.4, 0.5) is 10.8 Å². The summed E-state index contributed by atoms with van der Waals surface area (Å²) < 4.78 is 5.22. The van der Waals surface area contributed by atoms with E-state index in [0.29, 0.717) is 27.7 Å². The second kappa shape index (κ2) is 14.8. The minimum absolute atomic E-state index is 0.0745. The molecule has 3 amide bonds. The number of hydrogen-bond acceptors (Lipinski definition) is 7. The molecule has 0 fully saturated rings. The molecule has 1 unspecified atom stereocenters. The van der Waals surface area contributed by atoms with Gasteiger partial charge in [0, 0.05) is 27.7 Å². The molecule has 1 aromatic heterocycles. The van der Waals surface area contributed by atoms with Crippen molar-refractivity contribution in [1.29, 1.82) is 0 Å². The van der Waals surface area contributed by atoms with E-state index in [1.807, 2.05) is 48.5 Å². The first-order valence-corrected chi connectivity index (χ1v) is 15.3. The summed E-state index contributed by atoms with van der Waals surface area (Å²) in [6.07, 6.45) is 3.24. The molecule has 5 aromatic rings. The molecule has 1 atom stereocenters. The predicted molar refractivity (Wildman–Crippen MR) is 176 cm³/mol. The Labute approximate surface area is 263 Å². The van der Waals surface area contributed by atoms with Gasteiger partial charge in [-0.1, -0.05) is 60.7 Å². The van der Waals surface area contributed by atoms with Crippen LogP contribution in [-0.2, 0) is 9.59 Å². The van der Waals surface area contributed by atoms with E-state index in [4.69, 9.17) is 4.74 Å². The summed E-state index contributed by atoms with van der Waals surface area (Å²) in [5.41, 5.74) is 2.59. The van der Waals surface area contributed by atoms with Gasteiger partial charge < -0.3 is 20.7 Å². The summed E-state index contributed by atoms with van der Waals surface area (Å²) in [6, 6.07) is 32.5. The molecular formula is C34H28N4O4S2. The molecule has 4 aromatic carbocycles. The number of amides is 3. The fourth-order valence-corrected chi connectivity index (χ4v) is 5.67. The number of hydrogen-bond donors (Lipinski definition) is 3. The maximum Gasteiger partial charge on any atom is 0.272 e. The number of anilines is 2. The van der Waals surface area contributed by atoms with Crippen molar-refractivity contribution in [2.75, 3.05) is 17.7 Å². The largest absolute Gasteiger partial charge is 0.497 e. The Hall–Kier alpha value is -5.19. The Bertz CT molecular complexity index is 1730. The quantitative estimate of drug-likeness (QED) is 0.108. The molecule has 220 valence electrons. The van der Waals surface area contributed by atoms with E-state index in [1.165, 1.54) is 23.1 Å². The number of carbonyl (C=O) groups is 3. The summed E-state index contributed by atoms with van der Waals surface area (Å²) in [6.45, 7) is 0. The van der Waals surface area contributed by atoms with Crippen molar-refractivity contribution in [2.24, 2.45) is 0 Å². The van der Waals surface area contributed by atoms with Gasteiger partial charge in [-0.2, -0.15) is 0 Å². The fraction of sp³-hybridized carbons (Fsp3) is 0.0588. The minimum Gasteiger partial charge on any atom is -0.497 e. The number of carbonyl (C=O) groups excluding carboxylic acids is 3. The van der Waals surface area contributed by atoms with Gasteiger partial charge in [-0.25, -0.2) is 4.98 Å². The lowest BCUT2D eigenvalue weighted by atomic mass is 10.1. The van der Waals surface area contributed by atoms with Crippen LogP contribution in [0.15, 0.2) is 131 Å². The second-order valence-corrected chi connectivity index (χ2v) is 11.4. The van der Waals surface area contributed by atoms with Crippen LogP contribution in [0.2, 0.25) is 0 Å². The van der Waals surface area contributed by atoms with Gasteiger partial charge in [0.1, 0.15) is 16.7 Å². The van der Waals surface area contributed by atoms with Gasteiger partial charge >= 0.3 is 0 Å². The maximum absolute atomic E-state index is 13.4. The Morgan fingerprint density at radius 2 is 1.52 bits per heavy atom. The number of thiazole rings is 1. The minimum atomic E-state index is -0.521. The standard InChI is InChI=1S/C34H28N4O4S2/c1-42-27-16-12-23(13-17-27)22-29(37-31(39)25-10-6-3-7-11-25)32(40)36-26-14-18-28(19-15-26)44-30(24-8-4-2-5-9-24)33(41)38-34-35-20-21-43-34/h2-22,30H,1H3,(H,36,40)(H,37,39)(H,35,38,41)/b29-22-. The SMILES string of the molecule is COc1ccc(/C=C(\NC(=O)c2ccccc2)C(=O)Nc2ccc(SC(C(=O)Nc3nccs3)c3ccccc3)cc2)cc1. The molecule has 0 spiro atoms. The van der Waals surface area contributed by atoms with Crippen molar-refractivity contribution in [3.63, 3.8) is 0 Å². The number of rotatable bonds is 11. The van der Waals surface area contributed by atoms with Crippen molar-refractivity contribution in [1.82, 2.24) is 10.3 Å². The number of aromatic nitrogens is 1. The Balaban J connectivity index is 1.32. The van der Waals surface area contributed by atoms with E-state index in [1.54, 1.807) is 85.4 Å². The van der Waals surface area contributed by atoms with E-state index >= 15 is 0 Å². The summed E-state index contributed by atoms with van der Waals surface area (Å²) in [4.78, 5) is 44.5. The van der Waals surface area contributed by atoms with Gasteiger partial charge in [-0.15, -0.1) is 23.1 Å². The Kier molecular flexibility index (Phi) is 10.2. The molecule has 0 aliphatic heterocycles. The Morgan fingerprint density at radius 1 is 0.841 bits per heavy atom. The third-order valence-corrected chi connectivity index (χ3v) is 8.28. The van der Waals surface area contributed by atoms with Crippen molar-refractivity contribution in [3.8, 4) is 5.75 Å². The van der Waals surface area contributed by atoms with Crippen LogP contribution >= 0.6 is 23.1 Å². The van der Waals surface area contributed by atoms with Crippen LogP contribution < -0.4 is 20.7 Å². The predicted octanol–water partition coefficient (Wildman–Crippen LogP) is 7.03. The van der Waals surface area contributed by atoms with Crippen LogP contribution in [0, 0.1) is 0 Å². The van der Waals surface area contributed by atoms with Gasteiger partial charge in [0.15, 0.2) is 5.13 Å². The number of ether oxygens (including phenoxy) is 1. The van der Waals surface area contributed by atoms with Gasteiger partial charge in [-0.05, 0) is 65.7 Å². The molecule has 0 aliphatic rings. The van der Waals surface area contributed by atoms with E-state index in [0.717, 1.165) is 10.5 Å². The summed E-state index contributed by atoms with van der Waals surface area (Å²) in [5.74, 6) is -0.406. The average Bonchev–Trinajstić information content (AvgIpc) is 3.58. The van der Waals surface area contributed by atoms with Crippen molar-refractivity contribution >= 4 is 57.7 Å². The summed E-state index contributed by atoms with van der Waals surface area (Å²) in [7, 11) is 1.58. The Morgan fingerprint density at radius 3 is 2.16 bits per heavy atom. The highest BCUT2D eigenvalue weighted by Crippen LogP contribution is 2.37. The van der Waals surface area contributed by atoms with Crippen molar-refractivity contribution in [2.45, 2.75) is 10.1 Å². The van der Waals surface area contributed by atoms with Crippen molar-refractivity contribution < 1.29 is 19.1 Å². The molecule has 0 aliphatic carbocycles. The van der Waals surface area contributed by atoms with E-state index in [-0.39, 0.29) is 11.6 Å². The van der Waals surface area contributed by atoms with Crippen molar-refractivity contribution in [3.05, 3.63) is 143 Å². The molecule has 0 radical (unpaired) electrons. The molecule has 1 heterocycles. The molecule has 0 bridgehead atoms. The molecule has 3 N–H and O–H groups in total. The van der Waals surface area contributed by atoms with E-state index in [9.17, 15) is 14.4 Å². The first kappa shape index (κ1) is 30.3. The monoisotopic (exact) mass is 620 g/mol. The molecule has 0 saturated heterocycles. The van der Waals surface area contributed by atoms with Crippen LogP contribution in [0.5, 0.6) is 5.75 Å². The highest BCUT2D eigenvalue weighted by molar-refractivity contribution is 8.00. The zero-order chi connectivity index (χ0) is 30.7. The normalized spacial score (nSPS) is 11.7. The number of benzene rings is 4. The van der Waals surface area contributed by atoms with E-state index in [2.05, 4.69) is 20.9 Å². The van der Waals surface area contributed by atoms with Crippen LogP contribution in [-0.4, -0.2) is 29.8 Å². The zero-order valence-corrected chi connectivity index (χ0v) is 25.2. The molecular weight excluding hydrogens is 593 g/mol. The highest BCUT2D eigenvalue weighted by Gasteiger charge is 2.23.